The lowest BCUT2D eigenvalue weighted by molar-refractivity contribution is -0.118. The van der Waals surface area contributed by atoms with Crippen molar-refractivity contribution in [3.05, 3.63) is 83.4 Å². The van der Waals surface area contributed by atoms with E-state index < -0.39 is 6.04 Å². The average Bonchev–Trinajstić information content (AvgIpc) is 3.19. The molecule has 1 unspecified atom stereocenters. The zero-order valence-electron chi connectivity index (χ0n) is 16.3. The van der Waals surface area contributed by atoms with Crippen LogP contribution in [0.3, 0.4) is 0 Å². The van der Waals surface area contributed by atoms with Gasteiger partial charge < -0.3 is 15.2 Å². The van der Waals surface area contributed by atoms with Gasteiger partial charge in [0.15, 0.2) is 0 Å². The van der Waals surface area contributed by atoms with E-state index in [4.69, 9.17) is 11.6 Å². The predicted octanol–water partition coefficient (Wildman–Crippen LogP) is 3.98. The van der Waals surface area contributed by atoms with Crippen molar-refractivity contribution in [2.24, 2.45) is 5.92 Å². The topological polar surface area (TPSA) is 76.0 Å². The van der Waals surface area contributed by atoms with E-state index in [9.17, 15) is 9.59 Å². The molecule has 0 fully saturated rings. The standard InChI is InChI=1S/C22H23ClN4O2/c1-15(2)20(26-21(28)18-8-3-4-9-19(18)23)22(29)25-17-7-5-6-16(12-17)13-27-11-10-24-14-27/h3-12,14-15,20H,13H2,1-2H3,(H,25,29)(H,26,28). The summed E-state index contributed by atoms with van der Waals surface area (Å²) in [6.45, 7) is 4.42. The number of halogens is 1. The van der Waals surface area contributed by atoms with Crippen LogP contribution in [0.5, 0.6) is 0 Å². The number of carbonyl (C=O) groups excluding carboxylic acids is 2. The number of rotatable bonds is 7. The molecular formula is C22H23ClN4O2. The first-order valence-corrected chi connectivity index (χ1v) is 9.73. The molecule has 3 rings (SSSR count). The second-order valence-electron chi connectivity index (χ2n) is 7.10. The summed E-state index contributed by atoms with van der Waals surface area (Å²) in [5.74, 6) is -0.755. The maximum atomic E-state index is 12.9. The molecule has 7 heteroatoms. The highest BCUT2D eigenvalue weighted by Gasteiger charge is 2.25. The fraction of sp³-hybridized carbons (Fsp3) is 0.227. The normalized spacial score (nSPS) is 11.9. The average molecular weight is 411 g/mol. The number of imidazole rings is 1. The third-order valence-electron chi connectivity index (χ3n) is 4.47. The van der Waals surface area contributed by atoms with Crippen LogP contribution in [0.4, 0.5) is 5.69 Å². The molecule has 150 valence electrons. The molecule has 3 aromatic rings. The molecule has 0 aliphatic heterocycles. The largest absolute Gasteiger partial charge is 0.340 e. The molecule has 1 heterocycles. The lowest BCUT2D eigenvalue weighted by Gasteiger charge is -2.22. The van der Waals surface area contributed by atoms with Crippen LogP contribution < -0.4 is 10.6 Å². The molecule has 2 aromatic carbocycles. The molecule has 0 saturated heterocycles. The SMILES string of the molecule is CC(C)C(NC(=O)c1ccccc1Cl)C(=O)Nc1cccc(Cn2ccnc2)c1. The van der Waals surface area contributed by atoms with Gasteiger partial charge in [-0.3, -0.25) is 9.59 Å². The van der Waals surface area contributed by atoms with E-state index in [0.717, 1.165) is 5.56 Å². The van der Waals surface area contributed by atoms with Gasteiger partial charge in [0.05, 0.1) is 16.9 Å². The van der Waals surface area contributed by atoms with Gasteiger partial charge in [0, 0.05) is 24.6 Å². The Labute approximate surface area is 174 Å². The van der Waals surface area contributed by atoms with Crippen molar-refractivity contribution in [2.45, 2.75) is 26.4 Å². The Morgan fingerprint density at radius 1 is 1.14 bits per heavy atom. The number of anilines is 1. The highest BCUT2D eigenvalue weighted by atomic mass is 35.5. The summed E-state index contributed by atoms with van der Waals surface area (Å²) in [6, 6.07) is 13.7. The van der Waals surface area contributed by atoms with Gasteiger partial charge in [-0.15, -0.1) is 0 Å². The van der Waals surface area contributed by atoms with Crippen LogP contribution in [0.15, 0.2) is 67.3 Å². The lowest BCUT2D eigenvalue weighted by atomic mass is 10.0. The first-order valence-electron chi connectivity index (χ1n) is 9.35. The quantitative estimate of drug-likeness (QED) is 0.618. The summed E-state index contributed by atoms with van der Waals surface area (Å²) in [4.78, 5) is 29.5. The Morgan fingerprint density at radius 3 is 2.62 bits per heavy atom. The minimum absolute atomic E-state index is 0.101. The first kappa shape index (κ1) is 20.6. The third kappa shape index (κ3) is 5.45. The number of hydrogen-bond acceptors (Lipinski definition) is 3. The Morgan fingerprint density at radius 2 is 1.93 bits per heavy atom. The molecule has 2 amide bonds. The number of hydrogen-bond donors (Lipinski definition) is 2. The molecule has 1 aromatic heterocycles. The van der Waals surface area contributed by atoms with E-state index in [2.05, 4.69) is 15.6 Å². The van der Waals surface area contributed by atoms with Crippen LogP contribution in [-0.2, 0) is 11.3 Å². The third-order valence-corrected chi connectivity index (χ3v) is 4.80. The highest BCUT2D eigenvalue weighted by Crippen LogP contribution is 2.17. The smallest absolute Gasteiger partial charge is 0.253 e. The molecule has 0 radical (unpaired) electrons. The van der Waals surface area contributed by atoms with Gasteiger partial charge in [-0.2, -0.15) is 0 Å². The number of benzene rings is 2. The Kier molecular flexibility index (Phi) is 6.67. The first-order chi connectivity index (χ1) is 13.9. The number of carbonyl (C=O) groups is 2. The molecule has 0 aliphatic carbocycles. The van der Waals surface area contributed by atoms with Crippen LogP contribution in [0, 0.1) is 5.92 Å². The van der Waals surface area contributed by atoms with E-state index in [0.29, 0.717) is 22.8 Å². The number of aromatic nitrogens is 2. The maximum absolute atomic E-state index is 12.9. The number of amides is 2. The summed E-state index contributed by atoms with van der Waals surface area (Å²) >= 11 is 6.10. The van der Waals surface area contributed by atoms with E-state index in [-0.39, 0.29) is 17.7 Å². The number of nitrogens with one attached hydrogen (secondary N) is 2. The van der Waals surface area contributed by atoms with Crippen LogP contribution >= 0.6 is 11.6 Å². The molecule has 29 heavy (non-hydrogen) atoms. The van der Waals surface area contributed by atoms with Crippen LogP contribution in [-0.4, -0.2) is 27.4 Å². The lowest BCUT2D eigenvalue weighted by Crippen LogP contribution is -2.47. The molecule has 0 bridgehead atoms. The van der Waals surface area contributed by atoms with Gasteiger partial charge in [0.25, 0.3) is 5.91 Å². The van der Waals surface area contributed by atoms with Crippen molar-refractivity contribution >= 4 is 29.1 Å². The second-order valence-corrected chi connectivity index (χ2v) is 7.51. The Hall–Kier alpha value is -3.12. The van der Waals surface area contributed by atoms with Gasteiger partial charge in [-0.25, -0.2) is 4.98 Å². The fourth-order valence-electron chi connectivity index (χ4n) is 2.96. The Bertz CT molecular complexity index is 986. The van der Waals surface area contributed by atoms with E-state index in [1.165, 1.54) is 0 Å². The highest BCUT2D eigenvalue weighted by molar-refractivity contribution is 6.33. The van der Waals surface area contributed by atoms with Crippen molar-refractivity contribution in [3.8, 4) is 0 Å². The number of nitrogens with zero attached hydrogens (tertiary/aromatic N) is 2. The minimum atomic E-state index is -0.698. The van der Waals surface area contributed by atoms with Gasteiger partial charge in [0.1, 0.15) is 6.04 Å². The summed E-state index contributed by atoms with van der Waals surface area (Å²) in [7, 11) is 0. The van der Waals surface area contributed by atoms with Crippen molar-refractivity contribution in [1.29, 1.82) is 0 Å². The van der Waals surface area contributed by atoms with Gasteiger partial charge in [-0.05, 0) is 35.7 Å². The van der Waals surface area contributed by atoms with Gasteiger partial charge in [-0.1, -0.05) is 49.7 Å². The molecule has 2 N–H and O–H groups in total. The molecular weight excluding hydrogens is 388 g/mol. The van der Waals surface area contributed by atoms with Crippen molar-refractivity contribution in [2.75, 3.05) is 5.32 Å². The molecule has 1 atom stereocenters. The minimum Gasteiger partial charge on any atom is -0.340 e. The molecule has 6 nitrogen and oxygen atoms in total. The maximum Gasteiger partial charge on any atom is 0.253 e. The summed E-state index contributed by atoms with van der Waals surface area (Å²) in [5.41, 5.74) is 2.04. The summed E-state index contributed by atoms with van der Waals surface area (Å²) in [6.07, 6.45) is 5.34. The van der Waals surface area contributed by atoms with Gasteiger partial charge in [0.2, 0.25) is 5.91 Å². The fourth-order valence-corrected chi connectivity index (χ4v) is 3.18. The van der Waals surface area contributed by atoms with Crippen LogP contribution in [0.2, 0.25) is 5.02 Å². The van der Waals surface area contributed by atoms with Crippen molar-refractivity contribution in [1.82, 2.24) is 14.9 Å². The molecule has 0 spiro atoms. The van der Waals surface area contributed by atoms with E-state index >= 15 is 0 Å². The summed E-state index contributed by atoms with van der Waals surface area (Å²) < 4.78 is 1.95. The van der Waals surface area contributed by atoms with Crippen LogP contribution in [0.1, 0.15) is 29.8 Å². The van der Waals surface area contributed by atoms with Crippen molar-refractivity contribution < 1.29 is 9.59 Å². The van der Waals surface area contributed by atoms with E-state index in [1.807, 2.05) is 48.9 Å². The summed E-state index contributed by atoms with van der Waals surface area (Å²) in [5, 5.41) is 6.05. The zero-order chi connectivity index (χ0) is 20.8. The van der Waals surface area contributed by atoms with Gasteiger partial charge >= 0.3 is 0 Å². The van der Waals surface area contributed by atoms with E-state index in [1.54, 1.807) is 36.8 Å². The molecule has 0 saturated carbocycles. The second kappa shape index (κ2) is 9.39. The predicted molar refractivity (Wildman–Crippen MR) is 114 cm³/mol. The van der Waals surface area contributed by atoms with Crippen molar-refractivity contribution in [3.63, 3.8) is 0 Å². The van der Waals surface area contributed by atoms with Crippen LogP contribution in [0.25, 0.3) is 0 Å². The Balaban J connectivity index is 1.70. The molecule has 0 aliphatic rings. The monoisotopic (exact) mass is 410 g/mol. The zero-order valence-corrected chi connectivity index (χ0v) is 17.1.